The summed E-state index contributed by atoms with van der Waals surface area (Å²) >= 11 is 2.98. The molecule has 0 radical (unpaired) electrons. The molecule has 1 fully saturated rings. The lowest BCUT2D eigenvalue weighted by Crippen LogP contribution is -2.28. The number of unbranched alkanes of at least 4 members (excludes halogenated alkanes) is 2. The number of hydrazone groups is 1. The van der Waals surface area contributed by atoms with Gasteiger partial charge >= 0.3 is 6.18 Å². The van der Waals surface area contributed by atoms with Crippen molar-refractivity contribution in [3.63, 3.8) is 0 Å². The Morgan fingerprint density at radius 2 is 1.80 bits per heavy atom. The Morgan fingerprint density at radius 1 is 1.06 bits per heavy atom. The topological polar surface area (TPSA) is 97.2 Å². The van der Waals surface area contributed by atoms with Crippen molar-refractivity contribution in [1.82, 2.24) is 20.4 Å². The van der Waals surface area contributed by atoms with Crippen LogP contribution in [0.15, 0.2) is 41.2 Å². The first-order valence-electron chi connectivity index (χ1n) is 11.1. The van der Waals surface area contributed by atoms with Gasteiger partial charge in [0.25, 0.3) is 5.91 Å². The number of ketones is 1. The SMILES string of the molecule is O=C(N/N=C(\CCCCCC(=O)c1nc(-c2nccs2)sc1C1CC1)C(F)(F)F)c1ccncc1. The number of Topliss-reactive ketones (excluding diaryl/α,β-unsaturated/α-hetero) is 1. The van der Waals surface area contributed by atoms with Gasteiger partial charge in [0.15, 0.2) is 15.8 Å². The number of carbonyl (C=O) groups excluding carboxylic acids is 2. The smallest absolute Gasteiger partial charge is 0.292 e. The molecule has 1 amide bonds. The van der Waals surface area contributed by atoms with E-state index in [-0.39, 0.29) is 30.6 Å². The lowest BCUT2D eigenvalue weighted by atomic mass is 10.1. The number of hydrogen-bond donors (Lipinski definition) is 1. The molecule has 184 valence electrons. The summed E-state index contributed by atoms with van der Waals surface area (Å²) in [5.41, 5.74) is 1.54. The van der Waals surface area contributed by atoms with Crippen LogP contribution in [0.2, 0.25) is 0 Å². The van der Waals surface area contributed by atoms with Crippen LogP contribution in [-0.2, 0) is 0 Å². The third kappa shape index (κ3) is 6.79. The second-order valence-corrected chi connectivity index (χ2v) is 9.99. The summed E-state index contributed by atoms with van der Waals surface area (Å²) in [6, 6.07) is 2.76. The number of hydrogen-bond acceptors (Lipinski definition) is 8. The van der Waals surface area contributed by atoms with Gasteiger partial charge in [-0.2, -0.15) is 18.3 Å². The van der Waals surface area contributed by atoms with Gasteiger partial charge in [0.05, 0.1) is 0 Å². The van der Waals surface area contributed by atoms with Crippen LogP contribution in [-0.4, -0.2) is 38.5 Å². The molecular weight excluding hydrogens is 499 g/mol. The first kappa shape index (κ1) is 25.1. The fraction of sp³-hybridized carbons (Fsp3) is 0.391. The zero-order valence-corrected chi connectivity index (χ0v) is 20.2. The van der Waals surface area contributed by atoms with Gasteiger partial charge < -0.3 is 0 Å². The van der Waals surface area contributed by atoms with E-state index in [0.29, 0.717) is 24.5 Å². The fourth-order valence-electron chi connectivity index (χ4n) is 3.39. The van der Waals surface area contributed by atoms with Gasteiger partial charge in [-0.05, 0) is 50.2 Å². The minimum Gasteiger partial charge on any atom is -0.292 e. The summed E-state index contributed by atoms with van der Waals surface area (Å²) in [7, 11) is 0. The van der Waals surface area contributed by atoms with Crippen molar-refractivity contribution in [3.8, 4) is 10.0 Å². The lowest BCUT2D eigenvalue weighted by Gasteiger charge is -2.10. The third-order valence-electron chi connectivity index (χ3n) is 5.36. The zero-order valence-electron chi connectivity index (χ0n) is 18.5. The molecule has 0 aromatic carbocycles. The summed E-state index contributed by atoms with van der Waals surface area (Å²) < 4.78 is 40.0. The molecule has 12 heteroatoms. The van der Waals surface area contributed by atoms with Crippen LogP contribution in [0.1, 0.15) is 76.6 Å². The minimum atomic E-state index is -4.66. The van der Waals surface area contributed by atoms with Crippen LogP contribution < -0.4 is 5.43 Å². The van der Waals surface area contributed by atoms with E-state index in [2.05, 4.69) is 20.1 Å². The molecule has 1 aliphatic carbocycles. The van der Waals surface area contributed by atoms with E-state index in [1.54, 1.807) is 6.20 Å². The summed E-state index contributed by atoms with van der Waals surface area (Å²) in [6.07, 6.45) is 2.76. The van der Waals surface area contributed by atoms with Gasteiger partial charge in [-0.25, -0.2) is 15.4 Å². The summed E-state index contributed by atoms with van der Waals surface area (Å²) in [5, 5.41) is 6.69. The molecule has 35 heavy (non-hydrogen) atoms. The maximum Gasteiger partial charge on any atom is 0.431 e. The van der Waals surface area contributed by atoms with Gasteiger partial charge in [0.1, 0.15) is 11.4 Å². The van der Waals surface area contributed by atoms with Gasteiger partial charge in [-0.15, -0.1) is 22.7 Å². The maximum atomic E-state index is 13.3. The average Bonchev–Trinajstić information content (AvgIpc) is 3.34. The first-order chi connectivity index (χ1) is 16.8. The zero-order chi connectivity index (χ0) is 24.8. The molecule has 3 heterocycles. The Labute approximate surface area is 207 Å². The first-order valence-corrected chi connectivity index (χ1v) is 12.8. The second-order valence-electron chi connectivity index (χ2n) is 8.06. The number of alkyl halides is 3. The van der Waals surface area contributed by atoms with Crippen molar-refractivity contribution in [2.45, 2.75) is 57.0 Å². The van der Waals surface area contributed by atoms with E-state index >= 15 is 0 Å². The van der Waals surface area contributed by atoms with Crippen LogP contribution in [0.3, 0.4) is 0 Å². The number of nitrogens with one attached hydrogen (secondary N) is 1. The number of pyridine rings is 1. The second kappa shape index (κ2) is 11.2. The molecule has 0 bridgehead atoms. The predicted molar refractivity (Wildman–Crippen MR) is 128 cm³/mol. The van der Waals surface area contributed by atoms with Crippen molar-refractivity contribution >= 4 is 40.1 Å². The number of thiazole rings is 2. The largest absolute Gasteiger partial charge is 0.431 e. The molecule has 1 N–H and O–H groups in total. The number of halogens is 3. The highest BCUT2D eigenvalue weighted by molar-refractivity contribution is 7.20. The third-order valence-corrected chi connectivity index (χ3v) is 7.49. The van der Waals surface area contributed by atoms with Crippen LogP contribution in [0.25, 0.3) is 10.0 Å². The Morgan fingerprint density at radius 3 is 2.46 bits per heavy atom. The predicted octanol–water partition coefficient (Wildman–Crippen LogP) is 6.02. The highest BCUT2D eigenvalue weighted by atomic mass is 32.1. The Bertz CT molecular complexity index is 1190. The number of aromatic nitrogens is 3. The molecule has 3 aromatic heterocycles. The van der Waals surface area contributed by atoms with Crippen molar-refractivity contribution < 1.29 is 22.8 Å². The van der Waals surface area contributed by atoms with Gasteiger partial charge in [0.2, 0.25) is 0 Å². The van der Waals surface area contributed by atoms with Gasteiger partial charge in [-0.3, -0.25) is 14.6 Å². The number of nitrogens with zero attached hydrogens (tertiary/aromatic N) is 4. The van der Waals surface area contributed by atoms with Gasteiger partial charge in [0, 0.05) is 40.8 Å². The van der Waals surface area contributed by atoms with Gasteiger partial charge in [-0.1, -0.05) is 6.42 Å². The molecule has 0 unspecified atom stereocenters. The van der Waals surface area contributed by atoms with E-state index in [4.69, 9.17) is 0 Å². The highest BCUT2D eigenvalue weighted by Gasteiger charge is 2.35. The molecule has 0 aliphatic heterocycles. The fourth-order valence-corrected chi connectivity index (χ4v) is 5.33. The Balaban J connectivity index is 1.28. The number of carbonyl (C=O) groups is 2. The molecule has 4 rings (SSSR count). The summed E-state index contributed by atoms with van der Waals surface area (Å²) in [4.78, 5) is 38.3. The Kier molecular flexibility index (Phi) is 8.01. The van der Waals surface area contributed by atoms with E-state index < -0.39 is 17.8 Å². The van der Waals surface area contributed by atoms with Crippen LogP contribution in [0.4, 0.5) is 13.2 Å². The quantitative estimate of drug-likeness (QED) is 0.144. The molecular formula is C23H22F3N5O2S2. The monoisotopic (exact) mass is 521 g/mol. The van der Waals surface area contributed by atoms with E-state index in [1.165, 1.54) is 47.2 Å². The van der Waals surface area contributed by atoms with Crippen molar-refractivity contribution in [1.29, 1.82) is 0 Å². The van der Waals surface area contributed by atoms with Crippen LogP contribution in [0, 0.1) is 0 Å². The van der Waals surface area contributed by atoms with Crippen LogP contribution >= 0.6 is 22.7 Å². The molecule has 1 aliphatic rings. The van der Waals surface area contributed by atoms with Crippen molar-refractivity contribution in [2.75, 3.05) is 0 Å². The van der Waals surface area contributed by atoms with E-state index in [9.17, 15) is 22.8 Å². The molecule has 0 spiro atoms. The standard InChI is InChI=1S/C23H22F3N5O2S2/c24-23(25,26)17(30-31-20(33)15-8-10-27-11-9-15)5-3-1-2-4-16(32)18-19(14-6-7-14)35-22(29-18)21-28-12-13-34-21/h8-14H,1-7H2,(H,31,33)/b30-17+. The lowest BCUT2D eigenvalue weighted by molar-refractivity contribution is -0.0609. The van der Waals surface area contributed by atoms with Crippen molar-refractivity contribution in [2.24, 2.45) is 5.10 Å². The molecule has 7 nitrogen and oxygen atoms in total. The summed E-state index contributed by atoms with van der Waals surface area (Å²) in [6.45, 7) is 0. The van der Waals surface area contributed by atoms with Crippen molar-refractivity contribution in [3.05, 3.63) is 52.2 Å². The molecule has 3 aromatic rings. The minimum absolute atomic E-state index is 0.0831. The van der Waals surface area contributed by atoms with E-state index in [0.717, 1.165) is 27.7 Å². The number of rotatable bonds is 11. The van der Waals surface area contributed by atoms with Crippen LogP contribution in [0.5, 0.6) is 0 Å². The Hall–Kier alpha value is -2.99. The highest BCUT2D eigenvalue weighted by Crippen LogP contribution is 2.46. The van der Waals surface area contributed by atoms with E-state index in [1.807, 2.05) is 10.8 Å². The number of amides is 1. The molecule has 1 saturated carbocycles. The maximum absolute atomic E-state index is 13.3. The average molecular weight is 522 g/mol. The normalized spacial score (nSPS) is 14.2. The molecule has 0 atom stereocenters. The summed E-state index contributed by atoms with van der Waals surface area (Å²) in [5.74, 6) is -0.458. The molecule has 0 saturated heterocycles.